The summed E-state index contributed by atoms with van der Waals surface area (Å²) >= 11 is 0. The lowest BCUT2D eigenvalue weighted by Crippen LogP contribution is -2.43. The van der Waals surface area contributed by atoms with Crippen LogP contribution in [0.2, 0.25) is 0 Å². The first kappa shape index (κ1) is 15.5. The zero-order chi connectivity index (χ0) is 13.8. The first-order valence-corrected chi connectivity index (χ1v) is 7.33. The minimum Gasteiger partial charge on any atom is -0.343 e. The third-order valence-electron chi connectivity index (χ3n) is 4.27. The molecule has 106 valence electrons. The van der Waals surface area contributed by atoms with Crippen LogP contribution in [0.1, 0.15) is 65.7 Å². The van der Waals surface area contributed by atoms with Gasteiger partial charge in [-0.25, -0.2) is 0 Å². The van der Waals surface area contributed by atoms with Gasteiger partial charge in [0.1, 0.15) is 0 Å². The number of nitrogens with two attached hydrogens (primary N) is 1. The largest absolute Gasteiger partial charge is 0.343 e. The van der Waals surface area contributed by atoms with Gasteiger partial charge in [-0.3, -0.25) is 4.79 Å². The van der Waals surface area contributed by atoms with E-state index < -0.39 is 0 Å². The van der Waals surface area contributed by atoms with E-state index in [-0.39, 0.29) is 17.4 Å². The van der Waals surface area contributed by atoms with E-state index in [9.17, 15) is 4.79 Å². The molecule has 0 saturated heterocycles. The van der Waals surface area contributed by atoms with Crippen LogP contribution in [0.3, 0.4) is 0 Å². The maximum atomic E-state index is 12.3. The molecule has 2 N–H and O–H groups in total. The molecular weight excluding hydrogens is 224 g/mol. The fraction of sp³-hybridized carbons (Fsp3) is 0.933. The van der Waals surface area contributed by atoms with Crippen LogP contribution in [-0.4, -0.2) is 29.9 Å². The van der Waals surface area contributed by atoms with Gasteiger partial charge in [0.15, 0.2) is 0 Å². The summed E-state index contributed by atoms with van der Waals surface area (Å²) in [7, 11) is 1.95. The summed E-state index contributed by atoms with van der Waals surface area (Å²) in [5.74, 6) is 0.212. The number of nitrogens with zero attached hydrogens (tertiary/aromatic N) is 1. The number of hydrogen-bond donors (Lipinski definition) is 1. The number of amides is 1. The van der Waals surface area contributed by atoms with Crippen molar-refractivity contribution in [2.75, 3.05) is 7.05 Å². The molecule has 1 atom stereocenters. The van der Waals surface area contributed by atoms with E-state index in [0.717, 1.165) is 12.8 Å². The molecule has 1 fully saturated rings. The molecule has 1 saturated carbocycles. The Morgan fingerprint density at radius 3 is 2.17 bits per heavy atom. The van der Waals surface area contributed by atoms with Crippen molar-refractivity contribution < 1.29 is 4.79 Å². The van der Waals surface area contributed by atoms with Gasteiger partial charge in [-0.2, -0.15) is 0 Å². The highest BCUT2D eigenvalue weighted by atomic mass is 16.2. The number of carbonyl (C=O) groups excluding carboxylic acids is 1. The van der Waals surface area contributed by atoms with Crippen LogP contribution in [0.5, 0.6) is 0 Å². The fourth-order valence-corrected chi connectivity index (χ4v) is 2.49. The minimum absolute atomic E-state index is 0.0000459. The lowest BCUT2D eigenvalue weighted by atomic mass is 9.85. The summed E-state index contributed by atoms with van der Waals surface area (Å²) < 4.78 is 0. The molecular formula is C15H30N2O. The predicted octanol–water partition coefficient (Wildman–Crippen LogP) is 2.93. The van der Waals surface area contributed by atoms with Crippen molar-refractivity contribution >= 4 is 5.91 Å². The molecule has 0 radical (unpaired) electrons. The topological polar surface area (TPSA) is 46.3 Å². The number of rotatable bonds is 3. The third-order valence-corrected chi connectivity index (χ3v) is 4.27. The Kier molecular flexibility index (Phi) is 5.64. The van der Waals surface area contributed by atoms with Crippen molar-refractivity contribution in [3.63, 3.8) is 0 Å². The molecule has 1 unspecified atom stereocenters. The summed E-state index contributed by atoms with van der Waals surface area (Å²) in [6, 6.07) is 0.380. The van der Waals surface area contributed by atoms with Crippen molar-refractivity contribution in [3.8, 4) is 0 Å². The van der Waals surface area contributed by atoms with Gasteiger partial charge in [-0.05, 0) is 18.3 Å². The van der Waals surface area contributed by atoms with Crippen molar-refractivity contribution in [2.24, 2.45) is 11.1 Å². The highest BCUT2D eigenvalue weighted by molar-refractivity contribution is 5.77. The van der Waals surface area contributed by atoms with Crippen LogP contribution < -0.4 is 5.73 Å². The highest BCUT2D eigenvalue weighted by Gasteiger charge is 2.27. The van der Waals surface area contributed by atoms with E-state index in [1.165, 1.54) is 25.7 Å². The Balaban J connectivity index is 2.49. The van der Waals surface area contributed by atoms with Crippen LogP contribution in [-0.2, 0) is 4.79 Å². The van der Waals surface area contributed by atoms with Crippen molar-refractivity contribution in [3.05, 3.63) is 0 Å². The summed E-state index contributed by atoms with van der Waals surface area (Å²) in [6.45, 7) is 6.28. The second kappa shape index (κ2) is 6.55. The Morgan fingerprint density at radius 2 is 1.72 bits per heavy atom. The lowest BCUT2D eigenvalue weighted by Gasteiger charge is -2.31. The summed E-state index contributed by atoms with van der Waals surface area (Å²) in [6.07, 6.45) is 7.94. The van der Waals surface area contributed by atoms with Gasteiger partial charge < -0.3 is 10.6 Å². The van der Waals surface area contributed by atoms with Crippen molar-refractivity contribution in [1.29, 1.82) is 0 Å². The van der Waals surface area contributed by atoms with E-state index >= 15 is 0 Å². The van der Waals surface area contributed by atoms with Gasteiger partial charge in [-0.15, -0.1) is 0 Å². The van der Waals surface area contributed by atoms with Gasteiger partial charge in [0, 0.05) is 25.6 Å². The van der Waals surface area contributed by atoms with Crippen LogP contribution in [0, 0.1) is 5.41 Å². The van der Waals surface area contributed by atoms with Gasteiger partial charge in [-0.1, -0.05) is 46.5 Å². The quantitative estimate of drug-likeness (QED) is 0.787. The zero-order valence-electron chi connectivity index (χ0n) is 12.5. The smallest absolute Gasteiger partial charge is 0.224 e. The zero-order valence-corrected chi connectivity index (χ0v) is 12.5. The molecule has 18 heavy (non-hydrogen) atoms. The Hall–Kier alpha value is -0.570. The van der Waals surface area contributed by atoms with E-state index in [1.54, 1.807) is 0 Å². The molecule has 0 aromatic carbocycles. The molecule has 0 aromatic rings. The summed E-state index contributed by atoms with van der Waals surface area (Å²) in [5.41, 5.74) is 6.10. The molecule has 1 amide bonds. The predicted molar refractivity (Wildman–Crippen MR) is 76.3 cm³/mol. The van der Waals surface area contributed by atoms with Crippen molar-refractivity contribution in [2.45, 2.75) is 77.8 Å². The molecule has 0 spiro atoms. The van der Waals surface area contributed by atoms with E-state index in [2.05, 4.69) is 20.8 Å². The van der Waals surface area contributed by atoms with E-state index in [1.807, 2.05) is 11.9 Å². The van der Waals surface area contributed by atoms with Crippen LogP contribution in [0.25, 0.3) is 0 Å². The first-order valence-electron chi connectivity index (χ1n) is 7.33. The summed E-state index contributed by atoms with van der Waals surface area (Å²) in [4.78, 5) is 14.2. The molecule has 3 nitrogen and oxygen atoms in total. The SMILES string of the molecule is CN(C(=O)CC(N)C(C)(C)C)C1CCCCCC1. The Bertz CT molecular complexity index is 262. The normalized spacial score (nSPS) is 20.3. The molecule has 0 aromatic heterocycles. The number of hydrogen-bond acceptors (Lipinski definition) is 2. The van der Waals surface area contributed by atoms with Crippen molar-refractivity contribution in [1.82, 2.24) is 4.90 Å². The standard InChI is InChI=1S/C15H30N2O/c1-15(2,3)13(16)11-14(18)17(4)12-9-7-5-6-8-10-12/h12-13H,5-11,16H2,1-4H3. The number of carbonyl (C=O) groups is 1. The third kappa shape index (κ3) is 4.60. The second-order valence-electron chi connectivity index (χ2n) is 6.83. The van der Waals surface area contributed by atoms with Gasteiger partial charge in [0.25, 0.3) is 0 Å². The summed E-state index contributed by atoms with van der Waals surface area (Å²) in [5, 5.41) is 0. The van der Waals surface area contributed by atoms with Crippen LogP contribution in [0.15, 0.2) is 0 Å². The van der Waals surface area contributed by atoms with Gasteiger partial charge >= 0.3 is 0 Å². The van der Waals surface area contributed by atoms with E-state index in [0.29, 0.717) is 12.5 Å². The monoisotopic (exact) mass is 254 g/mol. The fourth-order valence-electron chi connectivity index (χ4n) is 2.49. The lowest BCUT2D eigenvalue weighted by molar-refractivity contribution is -0.133. The highest BCUT2D eigenvalue weighted by Crippen LogP contribution is 2.24. The molecule has 1 rings (SSSR count). The second-order valence-corrected chi connectivity index (χ2v) is 6.83. The molecule has 0 bridgehead atoms. The molecule has 0 heterocycles. The maximum Gasteiger partial charge on any atom is 0.224 e. The molecule has 0 aliphatic heterocycles. The Labute approximate surface area is 112 Å². The minimum atomic E-state index is -0.0572. The Morgan fingerprint density at radius 1 is 1.22 bits per heavy atom. The molecule has 1 aliphatic rings. The molecule has 3 heteroatoms. The van der Waals surface area contributed by atoms with Gasteiger partial charge in [0.2, 0.25) is 5.91 Å². The first-order chi connectivity index (χ1) is 8.32. The average Bonchev–Trinajstić information content (AvgIpc) is 2.55. The maximum absolute atomic E-state index is 12.3. The van der Waals surface area contributed by atoms with Crippen LogP contribution >= 0.6 is 0 Å². The van der Waals surface area contributed by atoms with E-state index in [4.69, 9.17) is 5.73 Å². The molecule has 1 aliphatic carbocycles. The van der Waals surface area contributed by atoms with Gasteiger partial charge in [0.05, 0.1) is 0 Å². The van der Waals surface area contributed by atoms with Crippen LogP contribution in [0.4, 0.5) is 0 Å². The average molecular weight is 254 g/mol.